The van der Waals surface area contributed by atoms with E-state index in [9.17, 15) is 14.0 Å². The Morgan fingerprint density at radius 3 is 2.75 bits per heavy atom. The molecule has 2 aromatic rings. The van der Waals surface area contributed by atoms with Crippen LogP contribution < -0.4 is 0 Å². The minimum absolute atomic E-state index is 0.000680. The predicted molar refractivity (Wildman–Crippen MR) is 85.2 cm³/mol. The number of rotatable bonds is 5. The molecule has 0 unspecified atom stereocenters. The van der Waals surface area contributed by atoms with Gasteiger partial charge in [0.2, 0.25) is 0 Å². The molecule has 0 aliphatic carbocycles. The van der Waals surface area contributed by atoms with Crippen molar-refractivity contribution in [1.29, 1.82) is 0 Å². The SMILES string of the molecule is COC(=O)CCN(C)C(=O)c1c(-c2c(F)cccc2Cl)noc1C. The number of halogens is 2. The Bertz CT molecular complexity index is 755. The van der Waals surface area contributed by atoms with E-state index in [0.29, 0.717) is 0 Å². The molecule has 128 valence electrons. The normalized spacial score (nSPS) is 10.5. The summed E-state index contributed by atoms with van der Waals surface area (Å²) in [5.74, 6) is -1.26. The number of carbonyl (C=O) groups excluding carboxylic acids is 2. The van der Waals surface area contributed by atoms with Gasteiger partial charge in [0.1, 0.15) is 22.8 Å². The number of ether oxygens (including phenoxy) is 1. The second-order valence-corrected chi connectivity index (χ2v) is 5.52. The van der Waals surface area contributed by atoms with Crippen molar-refractivity contribution < 1.29 is 23.2 Å². The number of aryl methyl sites for hydroxylation is 1. The highest BCUT2D eigenvalue weighted by Crippen LogP contribution is 2.33. The van der Waals surface area contributed by atoms with Crippen LogP contribution in [0.5, 0.6) is 0 Å². The number of methoxy groups -OCH3 is 1. The lowest BCUT2D eigenvalue weighted by atomic mass is 10.0. The van der Waals surface area contributed by atoms with Crippen LogP contribution in [0, 0.1) is 12.7 Å². The summed E-state index contributed by atoms with van der Waals surface area (Å²) in [6.45, 7) is 1.69. The predicted octanol–water partition coefficient (Wildman–Crippen LogP) is 3.08. The third-order valence-electron chi connectivity index (χ3n) is 3.50. The summed E-state index contributed by atoms with van der Waals surface area (Å²) >= 11 is 6.04. The van der Waals surface area contributed by atoms with Crippen LogP contribution in [0.2, 0.25) is 5.02 Å². The lowest BCUT2D eigenvalue weighted by molar-refractivity contribution is -0.140. The van der Waals surface area contributed by atoms with Gasteiger partial charge in [-0.05, 0) is 19.1 Å². The minimum atomic E-state index is -0.609. The molecule has 0 aliphatic heterocycles. The van der Waals surface area contributed by atoms with Crippen molar-refractivity contribution >= 4 is 23.5 Å². The average molecular weight is 355 g/mol. The number of aromatic nitrogens is 1. The molecule has 0 saturated heterocycles. The van der Waals surface area contributed by atoms with E-state index in [1.54, 1.807) is 6.92 Å². The monoisotopic (exact) mass is 354 g/mol. The lowest BCUT2D eigenvalue weighted by Crippen LogP contribution is -2.30. The fraction of sp³-hybridized carbons (Fsp3) is 0.312. The Balaban J connectivity index is 2.36. The molecule has 2 rings (SSSR count). The number of hydrogen-bond acceptors (Lipinski definition) is 5. The van der Waals surface area contributed by atoms with Crippen molar-refractivity contribution in [1.82, 2.24) is 10.1 Å². The Hall–Kier alpha value is -2.41. The van der Waals surface area contributed by atoms with Crippen LogP contribution in [0.15, 0.2) is 22.7 Å². The average Bonchev–Trinajstić information content (AvgIpc) is 2.92. The Kier molecular flexibility index (Phi) is 5.56. The maximum Gasteiger partial charge on any atom is 0.307 e. The van der Waals surface area contributed by atoms with Crippen molar-refractivity contribution in [2.75, 3.05) is 20.7 Å². The van der Waals surface area contributed by atoms with E-state index in [4.69, 9.17) is 16.1 Å². The molecule has 0 atom stereocenters. The highest BCUT2D eigenvalue weighted by Gasteiger charge is 2.27. The number of nitrogens with zero attached hydrogens (tertiary/aromatic N) is 2. The summed E-state index contributed by atoms with van der Waals surface area (Å²) in [6, 6.07) is 4.18. The third-order valence-corrected chi connectivity index (χ3v) is 3.82. The maximum atomic E-state index is 14.1. The van der Waals surface area contributed by atoms with Gasteiger partial charge in [-0.1, -0.05) is 22.8 Å². The van der Waals surface area contributed by atoms with Crippen LogP contribution in [0.1, 0.15) is 22.5 Å². The Morgan fingerprint density at radius 1 is 1.42 bits per heavy atom. The van der Waals surface area contributed by atoms with Gasteiger partial charge in [-0.25, -0.2) is 4.39 Å². The van der Waals surface area contributed by atoms with E-state index < -0.39 is 17.7 Å². The van der Waals surface area contributed by atoms with Gasteiger partial charge >= 0.3 is 5.97 Å². The van der Waals surface area contributed by atoms with Crippen LogP contribution in [-0.4, -0.2) is 42.6 Å². The van der Waals surface area contributed by atoms with Crippen molar-refractivity contribution in [2.45, 2.75) is 13.3 Å². The first-order chi connectivity index (χ1) is 11.4. The van der Waals surface area contributed by atoms with Crippen LogP contribution in [0.3, 0.4) is 0 Å². The highest BCUT2D eigenvalue weighted by molar-refractivity contribution is 6.33. The van der Waals surface area contributed by atoms with Gasteiger partial charge in [0, 0.05) is 13.6 Å². The van der Waals surface area contributed by atoms with E-state index in [1.165, 1.54) is 37.3 Å². The second kappa shape index (κ2) is 7.44. The molecule has 0 saturated carbocycles. The summed E-state index contributed by atoms with van der Waals surface area (Å²) in [7, 11) is 2.79. The van der Waals surface area contributed by atoms with E-state index in [-0.39, 0.29) is 40.6 Å². The minimum Gasteiger partial charge on any atom is -0.469 e. The smallest absolute Gasteiger partial charge is 0.307 e. The fourth-order valence-corrected chi connectivity index (χ4v) is 2.42. The summed E-state index contributed by atoms with van der Waals surface area (Å²) < 4.78 is 23.7. The van der Waals surface area contributed by atoms with Gasteiger partial charge in [0.25, 0.3) is 5.91 Å². The van der Waals surface area contributed by atoms with E-state index in [2.05, 4.69) is 9.89 Å². The molecule has 1 aromatic carbocycles. The molecule has 8 heteroatoms. The molecule has 0 radical (unpaired) electrons. The van der Waals surface area contributed by atoms with Crippen molar-refractivity contribution in [3.8, 4) is 11.3 Å². The molecule has 1 heterocycles. The van der Waals surface area contributed by atoms with Crippen molar-refractivity contribution in [3.63, 3.8) is 0 Å². The standard InChI is InChI=1S/C16H16ClFN2O4/c1-9-13(16(22)20(2)8-7-12(21)23-3)15(19-24-9)14-10(17)5-4-6-11(14)18/h4-6H,7-8H2,1-3H3. The number of benzene rings is 1. The van der Waals surface area contributed by atoms with Crippen LogP contribution in [0.25, 0.3) is 11.3 Å². The molecule has 0 bridgehead atoms. The molecule has 24 heavy (non-hydrogen) atoms. The molecule has 0 spiro atoms. The molecule has 0 fully saturated rings. The highest BCUT2D eigenvalue weighted by atomic mass is 35.5. The fourth-order valence-electron chi connectivity index (χ4n) is 2.17. The van der Waals surface area contributed by atoms with Crippen molar-refractivity contribution in [2.24, 2.45) is 0 Å². The van der Waals surface area contributed by atoms with E-state index in [0.717, 1.165) is 0 Å². The van der Waals surface area contributed by atoms with Gasteiger partial charge < -0.3 is 14.2 Å². The summed E-state index contributed by atoms with van der Waals surface area (Å²) in [5.41, 5.74) is 0.139. The first-order valence-corrected chi connectivity index (χ1v) is 7.47. The zero-order valence-corrected chi connectivity index (χ0v) is 14.2. The largest absolute Gasteiger partial charge is 0.469 e. The number of amides is 1. The lowest BCUT2D eigenvalue weighted by Gasteiger charge is -2.16. The zero-order chi connectivity index (χ0) is 17.9. The molecule has 1 amide bonds. The zero-order valence-electron chi connectivity index (χ0n) is 13.4. The molecule has 6 nitrogen and oxygen atoms in total. The number of carbonyl (C=O) groups is 2. The van der Waals surface area contributed by atoms with Crippen LogP contribution >= 0.6 is 11.6 Å². The molecule has 1 aromatic heterocycles. The quantitative estimate of drug-likeness (QED) is 0.771. The maximum absolute atomic E-state index is 14.1. The molecular formula is C16H16ClFN2O4. The number of hydrogen-bond donors (Lipinski definition) is 0. The van der Waals surface area contributed by atoms with Crippen LogP contribution in [-0.2, 0) is 9.53 Å². The van der Waals surface area contributed by atoms with Gasteiger partial charge in [-0.15, -0.1) is 0 Å². The van der Waals surface area contributed by atoms with Gasteiger partial charge in [-0.2, -0.15) is 0 Å². The molecule has 0 aliphatic rings. The number of esters is 1. The topological polar surface area (TPSA) is 72.6 Å². The molecular weight excluding hydrogens is 339 g/mol. The first kappa shape index (κ1) is 17.9. The third kappa shape index (κ3) is 3.56. The second-order valence-electron chi connectivity index (χ2n) is 5.11. The van der Waals surface area contributed by atoms with Gasteiger partial charge in [0.15, 0.2) is 0 Å². The van der Waals surface area contributed by atoms with Gasteiger partial charge in [-0.3, -0.25) is 9.59 Å². The van der Waals surface area contributed by atoms with Crippen LogP contribution in [0.4, 0.5) is 4.39 Å². The van der Waals surface area contributed by atoms with E-state index >= 15 is 0 Å². The summed E-state index contributed by atoms with van der Waals surface area (Å²) in [6.07, 6.45) is 0.0405. The van der Waals surface area contributed by atoms with Gasteiger partial charge in [0.05, 0.1) is 24.1 Å². The van der Waals surface area contributed by atoms with Crippen molar-refractivity contribution in [3.05, 3.63) is 40.4 Å². The first-order valence-electron chi connectivity index (χ1n) is 7.09. The summed E-state index contributed by atoms with van der Waals surface area (Å²) in [4.78, 5) is 25.2. The van der Waals surface area contributed by atoms with E-state index in [1.807, 2.05) is 0 Å². The molecule has 0 N–H and O–H groups in total. The summed E-state index contributed by atoms with van der Waals surface area (Å²) in [5, 5.41) is 3.90. The Labute approximate surface area is 143 Å². The Morgan fingerprint density at radius 2 is 2.12 bits per heavy atom.